The molecule has 2 N–H and O–H groups in total. The second kappa shape index (κ2) is 6.45. The molecule has 1 fully saturated rings. The minimum Gasteiger partial charge on any atom is -0.481 e. The van der Waals surface area contributed by atoms with Crippen LogP contribution in [0.5, 0.6) is 0 Å². The van der Waals surface area contributed by atoms with Crippen LogP contribution in [0.4, 0.5) is 4.79 Å². The Labute approximate surface area is 126 Å². The normalized spacial score (nSPS) is 21.7. The molecule has 20 heavy (non-hydrogen) atoms. The van der Waals surface area contributed by atoms with Crippen molar-refractivity contribution in [2.45, 2.75) is 31.8 Å². The number of carboxylic acids is 1. The number of carbonyl (C=O) groups is 2. The first-order valence-electron chi connectivity index (χ1n) is 6.44. The molecule has 110 valence electrons. The van der Waals surface area contributed by atoms with Gasteiger partial charge in [0.1, 0.15) is 0 Å². The summed E-state index contributed by atoms with van der Waals surface area (Å²) in [5.74, 6) is -1.11. The van der Waals surface area contributed by atoms with Crippen LogP contribution in [0.1, 0.15) is 24.1 Å². The number of halogens is 1. The molecule has 0 radical (unpaired) electrons. The standard InChI is InChI=1S/C13H17ClN2O3S/c1-16(7-10-4-5-11(14)20-10)13(19)15-9-3-2-8(6-9)12(17)18/h4-5,8-9H,2-3,6-7H2,1H3,(H,15,19)(H,17,18). The van der Waals surface area contributed by atoms with Crippen LogP contribution in [0.15, 0.2) is 12.1 Å². The first-order chi connectivity index (χ1) is 9.45. The number of amides is 2. The molecule has 1 aliphatic carbocycles. The summed E-state index contributed by atoms with van der Waals surface area (Å²) in [7, 11) is 1.71. The lowest BCUT2D eigenvalue weighted by atomic mass is 10.1. The maximum atomic E-state index is 12.0. The lowest BCUT2D eigenvalue weighted by Gasteiger charge is -2.20. The fraction of sp³-hybridized carbons (Fsp3) is 0.538. The van der Waals surface area contributed by atoms with E-state index in [0.29, 0.717) is 23.7 Å². The van der Waals surface area contributed by atoms with Crippen molar-refractivity contribution in [2.24, 2.45) is 5.92 Å². The Kier molecular flexibility index (Phi) is 4.88. The second-order valence-corrected chi connectivity index (χ2v) is 6.86. The van der Waals surface area contributed by atoms with Crippen molar-refractivity contribution in [3.05, 3.63) is 21.3 Å². The van der Waals surface area contributed by atoms with Crippen LogP contribution >= 0.6 is 22.9 Å². The molecule has 1 aliphatic rings. The molecular weight excluding hydrogens is 300 g/mol. The van der Waals surface area contributed by atoms with Gasteiger partial charge in [-0.15, -0.1) is 11.3 Å². The van der Waals surface area contributed by atoms with Gasteiger partial charge in [-0.3, -0.25) is 4.79 Å². The van der Waals surface area contributed by atoms with Crippen molar-refractivity contribution in [3.63, 3.8) is 0 Å². The van der Waals surface area contributed by atoms with E-state index in [0.717, 1.165) is 11.3 Å². The summed E-state index contributed by atoms with van der Waals surface area (Å²) in [5.41, 5.74) is 0. The molecule has 2 unspecified atom stereocenters. The maximum absolute atomic E-state index is 12.0. The summed E-state index contributed by atoms with van der Waals surface area (Å²) in [6.07, 6.45) is 1.87. The molecule has 0 saturated heterocycles. The van der Waals surface area contributed by atoms with E-state index in [1.165, 1.54) is 11.3 Å². The predicted molar refractivity (Wildman–Crippen MR) is 78.1 cm³/mol. The van der Waals surface area contributed by atoms with Gasteiger partial charge in [-0.1, -0.05) is 11.6 Å². The third-order valence-electron chi connectivity index (χ3n) is 3.48. The number of aliphatic carboxylic acids is 1. The summed E-state index contributed by atoms with van der Waals surface area (Å²) in [4.78, 5) is 25.5. The molecular formula is C13H17ClN2O3S. The Morgan fingerprint density at radius 3 is 2.80 bits per heavy atom. The number of urea groups is 1. The van der Waals surface area contributed by atoms with Crippen LogP contribution in [0, 0.1) is 5.92 Å². The van der Waals surface area contributed by atoms with E-state index in [1.807, 2.05) is 12.1 Å². The molecule has 1 aromatic rings. The average Bonchev–Trinajstić information content (AvgIpc) is 2.98. The fourth-order valence-corrected chi connectivity index (χ4v) is 3.51. The lowest BCUT2D eigenvalue weighted by molar-refractivity contribution is -0.141. The number of thiophene rings is 1. The van der Waals surface area contributed by atoms with E-state index < -0.39 is 5.97 Å². The number of nitrogens with one attached hydrogen (secondary N) is 1. The zero-order valence-electron chi connectivity index (χ0n) is 11.1. The number of hydrogen-bond acceptors (Lipinski definition) is 3. The summed E-state index contributed by atoms with van der Waals surface area (Å²) in [6.45, 7) is 0.498. The molecule has 0 aromatic carbocycles. The van der Waals surface area contributed by atoms with Gasteiger partial charge in [0.25, 0.3) is 0 Å². The maximum Gasteiger partial charge on any atom is 0.317 e. The molecule has 7 heteroatoms. The van der Waals surface area contributed by atoms with E-state index in [1.54, 1.807) is 11.9 Å². The van der Waals surface area contributed by atoms with Crippen molar-refractivity contribution < 1.29 is 14.7 Å². The number of hydrogen-bond donors (Lipinski definition) is 2. The Hall–Kier alpha value is -1.27. The molecule has 0 aliphatic heterocycles. The van der Waals surface area contributed by atoms with Crippen molar-refractivity contribution >= 4 is 34.9 Å². The lowest BCUT2D eigenvalue weighted by Crippen LogP contribution is -2.41. The molecule has 1 heterocycles. The summed E-state index contributed by atoms with van der Waals surface area (Å²) in [6, 6.07) is 3.48. The number of carbonyl (C=O) groups excluding carboxylic acids is 1. The van der Waals surface area contributed by atoms with Gasteiger partial charge in [0, 0.05) is 18.0 Å². The Bertz CT molecular complexity index is 506. The van der Waals surface area contributed by atoms with E-state index in [9.17, 15) is 9.59 Å². The van der Waals surface area contributed by atoms with E-state index in [-0.39, 0.29) is 18.0 Å². The largest absolute Gasteiger partial charge is 0.481 e. The average molecular weight is 317 g/mol. The van der Waals surface area contributed by atoms with Crippen molar-refractivity contribution in [3.8, 4) is 0 Å². The molecule has 1 aromatic heterocycles. The first-order valence-corrected chi connectivity index (χ1v) is 7.64. The zero-order chi connectivity index (χ0) is 14.7. The monoisotopic (exact) mass is 316 g/mol. The van der Waals surface area contributed by atoms with E-state index in [4.69, 9.17) is 16.7 Å². The van der Waals surface area contributed by atoms with Crippen LogP contribution < -0.4 is 5.32 Å². The van der Waals surface area contributed by atoms with Gasteiger partial charge >= 0.3 is 12.0 Å². The molecule has 2 rings (SSSR count). The number of carboxylic acid groups (broad SMARTS) is 1. The Balaban J connectivity index is 1.81. The van der Waals surface area contributed by atoms with Gasteiger partial charge < -0.3 is 15.3 Å². The highest BCUT2D eigenvalue weighted by atomic mass is 35.5. The van der Waals surface area contributed by atoms with Crippen molar-refractivity contribution in [2.75, 3.05) is 7.05 Å². The highest BCUT2D eigenvalue weighted by molar-refractivity contribution is 7.16. The van der Waals surface area contributed by atoms with Crippen LogP contribution in [-0.2, 0) is 11.3 Å². The molecule has 0 spiro atoms. The molecule has 2 atom stereocenters. The topological polar surface area (TPSA) is 69.6 Å². The minimum atomic E-state index is -0.775. The van der Waals surface area contributed by atoms with Gasteiger partial charge in [-0.25, -0.2) is 4.79 Å². The molecule has 5 nitrogen and oxygen atoms in total. The number of rotatable bonds is 4. The fourth-order valence-electron chi connectivity index (χ4n) is 2.36. The van der Waals surface area contributed by atoms with Gasteiger partial charge in [0.15, 0.2) is 0 Å². The smallest absolute Gasteiger partial charge is 0.317 e. The zero-order valence-corrected chi connectivity index (χ0v) is 12.7. The Morgan fingerprint density at radius 1 is 1.50 bits per heavy atom. The first kappa shape index (κ1) is 15.1. The van der Waals surface area contributed by atoms with Gasteiger partial charge in [-0.05, 0) is 31.4 Å². The summed E-state index contributed by atoms with van der Waals surface area (Å²) in [5, 5.41) is 11.8. The van der Waals surface area contributed by atoms with Gasteiger partial charge in [0.2, 0.25) is 0 Å². The number of nitrogens with zero attached hydrogens (tertiary/aromatic N) is 1. The third kappa shape index (κ3) is 3.86. The SMILES string of the molecule is CN(Cc1ccc(Cl)s1)C(=O)NC1CCC(C(=O)O)C1. The van der Waals surface area contributed by atoms with Crippen molar-refractivity contribution in [1.82, 2.24) is 10.2 Å². The van der Waals surface area contributed by atoms with Crippen LogP contribution in [0.3, 0.4) is 0 Å². The van der Waals surface area contributed by atoms with Crippen LogP contribution in [0.2, 0.25) is 4.34 Å². The highest BCUT2D eigenvalue weighted by Crippen LogP contribution is 2.26. The summed E-state index contributed by atoms with van der Waals surface area (Å²) < 4.78 is 0.703. The van der Waals surface area contributed by atoms with Crippen LogP contribution in [0.25, 0.3) is 0 Å². The predicted octanol–water partition coefficient (Wildman–Crippen LogP) is 2.80. The molecule has 0 bridgehead atoms. The van der Waals surface area contributed by atoms with Crippen molar-refractivity contribution in [1.29, 1.82) is 0 Å². The minimum absolute atomic E-state index is 0.0435. The van der Waals surface area contributed by atoms with E-state index in [2.05, 4.69) is 5.32 Å². The molecule has 2 amide bonds. The highest BCUT2D eigenvalue weighted by Gasteiger charge is 2.31. The van der Waals surface area contributed by atoms with Crippen LogP contribution in [-0.4, -0.2) is 35.1 Å². The van der Waals surface area contributed by atoms with Gasteiger partial charge in [0.05, 0.1) is 16.8 Å². The third-order valence-corrected chi connectivity index (χ3v) is 4.69. The van der Waals surface area contributed by atoms with Gasteiger partial charge in [-0.2, -0.15) is 0 Å². The molecule has 1 saturated carbocycles. The quantitative estimate of drug-likeness (QED) is 0.897. The summed E-state index contributed by atoms with van der Waals surface area (Å²) >= 11 is 7.30. The second-order valence-electron chi connectivity index (χ2n) is 5.06. The Morgan fingerprint density at radius 2 is 2.25 bits per heavy atom. The van der Waals surface area contributed by atoms with E-state index >= 15 is 0 Å².